The van der Waals surface area contributed by atoms with Crippen LogP contribution in [0, 0.1) is 0 Å². The van der Waals surface area contributed by atoms with Gasteiger partial charge in [0.05, 0.1) is 6.61 Å². The van der Waals surface area contributed by atoms with Crippen molar-refractivity contribution >= 4 is 17.7 Å². The third-order valence-electron chi connectivity index (χ3n) is 1.34. The van der Waals surface area contributed by atoms with Crippen molar-refractivity contribution in [3.8, 4) is 0 Å². The Labute approximate surface area is 96.3 Å². The molecule has 0 aliphatic rings. The monoisotopic (exact) mass is 237 g/mol. The molecule has 0 unspecified atom stereocenters. The lowest BCUT2D eigenvalue weighted by Crippen LogP contribution is -2.34. The summed E-state index contributed by atoms with van der Waals surface area (Å²) in [7, 11) is 0. The fourth-order valence-corrected chi connectivity index (χ4v) is 0.907. The minimum Gasteiger partial charge on any atom is -0.444 e. The maximum Gasteiger partial charge on any atom is 0.407 e. The predicted molar refractivity (Wildman–Crippen MR) is 60.4 cm³/mol. The van der Waals surface area contributed by atoms with E-state index in [2.05, 4.69) is 5.32 Å². The van der Waals surface area contributed by atoms with Gasteiger partial charge in [0.2, 0.25) is 0 Å². The number of amides is 1. The summed E-state index contributed by atoms with van der Waals surface area (Å²) in [4.78, 5) is 11.1. The molecule has 0 aromatic heterocycles. The molecular weight excluding hydrogens is 218 g/mol. The Morgan fingerprint density at radius 3 is 2.53 bits per heavy atom. The molecule has 0 spiro atoms. The van der Waals surface area contributed by atoms with Gasteiger partial charge in [0, 0.05) is 19.0 Å². The molecule has 0 saturated carbocycles. The summed E-state index contributed by atoms with van der Waals surface area (Å²) in [6, 6.07) is 0. The van der Waals surface area contributed by atoms with Crippen LogP contribution in [0.1, 0.15) is 27.2 Å². The summed E-state index contributed by atoms with van der Waals surface area (Å²) in [5.41, 5.74) is -0.455. The number of carbonyl (C=O) groups is 1. The van der Waals surface area contributed by atoms with Gasteiger partial charge in [0.25, 0.3) is 0 Å². The first-order valence-electron chi connectivity index (χ1n) is 5.06. The van der Waals surface area contributed by atoms with Gasteiger partial charge >= 0.3 is 6.09 Å². The van der Waals surface area contributed by atoms with Crippen molar-refractivity contribution < 1.29 is 14.3 Å². The van der Waals surface area contributed by atoms with Crippen molar-refractivity contribution in [1.82, 2.24) is 5.32 Å². The largest absolute Gasteiger partial charge is 0.444 e. The van der Waals surface area contributed by atoms with Crippen LogP contribution in [0.5, 0.6) is 0 Å². The molecule has 0 aliphatic heterocycles. The molecule has 1 N–H and O–H groups in total. The third-order valence-corrected chi connectivity index (χ3v) is 1.60. The van der Waals surface area contributed by atoms with Gasteiger partial charge < -0.3 is 14.8 Å². The SMILES string of the molecule is CC(C)(C)OC(=O)NCCOCCCCl. The summed E-state index contributed by atoms with van der Waals surface area (Å²) in [6.45, 7) is 7.03. The van der Waals surface area contributed by atoms with E-state index >= 15 is 0 Å². The molecule has 90 valence electrons. The van der Waals surface area contributed by atoms with E-state index in [0.717, 1.165) is 6.42 Å². The van der Waals surface area contributed by atoms with E-state index in [0.29, 0.717) is 25.6 Å². The molecule has 15 heavy (non-hydrogen) atoms. The average molecular weight is 238 g/mol. The molecular formula is C10H20ClNO3. The van der Waals surface area contributed by atoms with Crippen molar-refractivity contribution in [1.29, 1.82) is 0 Å². The van der Waals surface area contributed by atoms with Crippen molar-refractivity contribution in [3.05, 3.63) is 0 Å². The fourth-order valence-electron chi connectivity index (χ4n) is 0.798. The molecule has 0 aromatic carbocycles. The highest BCUT2D eigenvalue weighted by Gasteiger charge is 2.15. The van der Waals surface area contributed by atoms with Crippen LogP contribution in [-0.4, -0.2) is 37.3 Å². The summed E-state index contributed by atoms with van der Waals surface area (Å²) >= 11 is 5.47. The summed E-state index contributed by atoms with van der Waals surface area (Å²) in [5, 5.41) is 2.60. The van der Waals surface area contributed by atoms with Crippen LogP contribution in [0.3, 0.4) is 0 Å². The summed E-state index contributed by atoms with van der Waals surface area (Å²) in [6.07, 6.45) is 0.414. The van der Waals surface area contributed by atoms with Crippen LogP contribution in [-0.2, 0) is 9.47 Å². The summed E-state index contributed by atoms with van der Waals surface area (Å²) in [5.74, 6) is 0.597. The Bertz CT molecular complexity index is 180. The van der Waals surface area contributed by atoms with Crippen LogP contribution in [0.4, 0.5) is 4.79 Å². The predicted octanol–water partition coefficient (Wildman–Crippen LogP) is 2.16. The molecule has 0 aromatic rings. The smallest absolute Gasteiger partial charge is 0.407 e. The van der Waals surface area contributed by atoms with E-state index < -0.39 is 11.7 Å². The van der Waals surface area contributed by atoms with Gasteiger partial charge in [-0.05, 0) is 27.2 Å². The first kappa shape index (κ1) is 14.5. The lowest BCUT2D eigenvalue weighted by Gasteiger charge is -2.19. The Hall–Kier alpha value is -0.480. The number of nitrogens with one attached hydrogen (secondary N) is 1. The van der Waals surface area contributed by atoms with E-state index in [1.807, 2.05) is 20.8 Å². The van der Waals surface area contributed by atoms with E-state index in [1.54, 1.807) is 0 Å². The van der Waals surface area contributed by atoms with Gasteiger partial charge in [-0.25, -0.2) is 4.79 Å². The van der Waals surface area contributed by atoms with Gasteiger partial charge in [-0.3, -0.25) is 0 Å². The number of halogens is 1. The highest BCUT2D eigenvalue weighted by Crippen LogP contribution is 2.05. The van der Waals surface area contributed by atoms with Gasteiger partial charge in [0.15, 0.2) is 0 Å². The van der Waals surface area contributed by atoms with Gasteiger partial charge in [-0.1, -0.05) is 0 Å². The lowest BCUT2D eigenvalue weighted by molar-refractivity contribution is 0.0500. The molecule has 1 amide bonds. The molecule has 0 atom stereocenters. The third kappa shape index (κ3) is 11.4. The van der Waals surface area contributed by atoms with Crippen molar-refractivity contribution in [3.63, 3.8) is 0 Å². The molecule has 0 heterocycles. The molecule has 0 aliphatic carbocycles. The first-order chi connectivity index (χ1) is 6.95. The van der Waals surface area contributed by atoms with Gasteiger partial charge in [-0.15, -0.1) is 11.6 Å². The quantitative estimate of drug-likeness (QED) is 0.569. The maximum absolute atomic E-state index is 11.1. The number of alkyl carbamates (subject to hydrolysis) is 1. The number of hydrogen-bond donors (Lipinski definition) is 1. The maximum atomic E-state index is 11.1. The number of carbonyl (C=O) groups excluding carboxylic acids is 1. The molecule has 0 radical (unpaired) electrons. The highest BCUT2D eigenvalue weighted by atomic mass is 35.5. The molecule has 4 nitrogen and oxygen atoms in total. The second-order valence-corrected chi connectivity index (χ2v) is 4.46. The van der Waals surface area contributed by atoms with Crippen LogP contribution in [0.15, 0.2) is 0 Å². The second-order valence-electron chi connectivity index (χ2n) is 4.08. The highest BCUT2D eigenvalue weighted by molar-refractivity contribution is 6.17. The zero-order chi connectivity index (χ0) is 11.7. The fraction of sp³-hybridized carbons (Fsp3) is 0.900. The number of ether oxygens (including phenoxy) is 2. The minimum absolute atomic E-state index is 0.413. The second kappa shape index (κ2) is 7.77. The average Bonchev–Trinajstić information content (AvgIpc) is 2.08. The number of alkyl halides is 1. The Balaban J connectivity index is 3.32. The number of rotatable bonds is 6. The van der Waals surface area contributed by atoms with E-state index in [9.17, 15) is 4.79 Å². The molecule has 0 rings (SSSR count). The lowest BCUT2D eigenvalue weighted by atomic mass is 10.2. The van der Waals surface area contributed by atoms with Crippen molar-refractivity contribution in [2.75, 3.05) is 25.6 Å². The van der Waals surface area contributed by atoms with Crippen LogP contribution < -0.4 is 5.32 Å². The van der Waals surface area contributed by atoms with Crippen molar-refractivity contribution in [2.45, 2.75) is 32.8 Å². The zero-order valence-corrected chi connectivity index (χ0v) is 10.4. The molecule has 5 heteroatoms. The number of hydrogen-bond acceptors (Lipinski definition) is 3. The van der Waals surface area contributed by atoms with Gasteiger partial charge in [-0.2, -0.15) is 0 Å². The Morgan fingerprint density at radius 2 is 2.00 bits per heavy atom. The molecule has 0 bridgehead atoms. The normalized spacial score (nSPS) is 11.2. The molecule has 0 fully saturated rings. The zero-order valence-electron chi connectivity index (χ0n) is 9.64. The Kier molecular flexibility index (Phi) is 7.52. The van der Waals surface area contributed by atoms with Crippen LogP contribution in [0.2, 0.25) is 0 Å². The van der Waals surface area contributed by atoms with Crippen LogP contribution >= 0.6 is 11.6 Å². The van der Waals surface area contributed by atoms with Crippen LogP contribution in [0.25, 0.3) is 0 Å². The van der Waals surface area contributed by atoms with Gasteiger partial charge in [0.1, 0.15) is 5.60 Å². The summed E-state index contributed by atoms with van der Waals surface area (Å²) < 4.78 is 10.2. The topological polar surface area (TPSA) is 47.6 Å². The minimum atomic E-state index is -0.455. The Morgan fingerprint density at radius 1 is 1.33 bits per heavy atom. The van der Waals surface area contributed by atoms with Crippen molar-refractivity contribution in [2.24, 2.45) is 0 Å². The van der Waals surface area contributed by atoms with E-state index in [4.69, 9.17) is 21.1 Å². The van der Waals surface area contributed by atoms with E-state index in [1.165, 1.54) is 0 Å². The molecule has 0 saturated heterocycles. The van der Waals surface area contributed by atoms with E-state index in [-0.39, 0.29) is 0 Å². The first-order valence-corrected chi connectivity index (χ1v) is 5.60. The standard InChI is InChI=1S/C10H20ClNO3/c1-10(2,3)15-9(13)12-6-8-14-7-4-5-11/h4-8H2,1-3H3,(H,12,13).